The van der Waals surface area contributed by atoms with Gasteiger partial charge in [0, 0.05) is 0 Å². The van der Waals surface area contributed by atoms with Crippen LogP contribution in [-0.2, 0) is 14.3 Å². The number of carbonyl (C=O) groups is 2. The molecule has 1 aromatic carbocycles. The highest BCUT2D eigenvalue weighted by atomic mass is 16.5. The van der Waals surface area contributed by atoms with Gasteiger partial charge >= 0.3 is 5.97 Å². The third-order valence-electron chi connectivity index (χ3n) is 5.50. The fourth-order valence-corrected chi connectivity index (χ4v) is 3.82. The van der Waals surface area contributed by atoms with Crippen molar-refractivity contribution >= 4 is 17.8 Å². The summed E-state index contributed by atoms with van der Waals surface area (Å²) in [6.07, 6.45) is 6.85. The van der Waals surface area contributed by atoms with Gasteiger partial charge in [0.05, 0.1) is 0 Å². The van der Waals surface area contributed by atoms with Crippen LogP contribution in [0.15, 0.2) is 36.4 Å². The maximum absolute atomic E-state index is 12.7. The van der Waals surface area contributed by atoms with E-state index in [0.29, 0.717) is 24.2 Å². The van der Waals surface area contributed by atoms with Crippen molar-refractivity contribution in [1.82, 2.24) is 0 Å². The molecule has 0 unspecified atom stereocenters. The quantitative estimate of drug-likeness (QED) is 0.378. The number of ketones is 1. The van der Waals surface area contributed by atoms with E-state index in [2.05, 4.69) is 20.8 Å². The summed E-state index contributed by atoms with van der Waals surface area (Å²) in [5.41, 5.74) is 0.949. The predicted molar refractivity (Wildman–Crippen MR) is 105 cm³/mol. The summed E-state index contributed by atoms with van der Waals surface area (Å²) < 4.78 is 5.87. The zero-order chi connectivity index (χ0) is 19.1. The highest BCUT2D eigenvalue weighted by Crippen LogP contribution is 2.35. The summed E-state index contributed by atoms with van der Waals surface area (Å²) >= 11 is 0. The number of hydrogen-bond acceptors (Lipinski definition) is 3. The average molecular weight is 357 g/mol. The summed E-state index contributed by atoms with van der Waals surface area (Å²) in [4.78, 5) is 25.2. The van der Waals surface area contributed by atoms with E-state index < -0.39 is 5.92 Å². The van der Waals surface area contributed by atoms with Gasteiger partial charge in [-0.3, -0.25) is 9.59 Å². The van der Waals surface area contributed by atoms with Gasteiger partial charge in [0.25, 0.3) is 0 Å². The Morgan fingerprint density at radius 3 is 2.50 bits per heavy atom. The van der Waals surface area contributed by atoms with Crippen LogP contribution in [0.3, 0.4) is 0 Å². The first-order valence-corrected chi connectivity index (χ1v) is 9.89. The Morgan fingerprint density at radius 1 is 1.19 bits per heavy atom. The number of hydrogen-bond donors (Lipinski definition) is 0. The normalized spacial score (nSPS) is 24.6. The molecule has 26 heavy (non-hydrogen) atoms. The molecule has 0 bridgehead atoms. The van der Waals surface area contributed by atoms with E-state index in [1.54, 1.807) is 6.08 Å². The smallest absolute Gasteiger partial charge is 0.317 e. The standard InChI is InChI=1S/C23H32O3/c1-5-19(21(24)14-12-18-9-7-6-8-10-18)23(25)26-22-15-17(4)11-13-20(22)16(2)3/h6-10,12,14,16-17,19-20,22H,5,11,13,15H2,1-4H3/b14-12-/t17-,19-,20-,22-/m1/s1. The number of rotatable bonds is 7. The van der Waals surface area contributed by atoms with Crippen LogP contribution in [-0.4, -0.2) is 17.9 Å². The third-order valence-corrected chi connectivity index (χ3v) is 5.50. The van der Waals surface area contributed by atoms with E-state index >= 15 is 0 Å². The number of carbonyl (C=O) groups excluding carboxylic acids is 2. The molecule has 1 fully saturated rings. The Morgan fingerprint density at radius 2 is 1.88 bits per heavy atom. The molecule has 142 valence electrons. The maximum atomic E-state index is 12.7. The fourth-order valence-electron chi connectivity index (χ4n) is 3.82. The Bertz CT molecular complexity index is 618. The first kappa shape index (κ1) is 20.4. The molecule has 1 saturated carbocycles. The van der Waals surface area contributed by atoms with E-state index in [9.17, 15) is 9.59 Å². The van der Waals surface area contributed by atoms with Crippen LogP contribution >= 0.6 is 0 Å². The third kappa shape index (κ3) is 5.55. The Kier molecular flexibility index (Phi) is 7.62. The molecule has 3 nitrogen and oxygen atoms in total. The Hall–Kier alpha value is -1.90. The lowest BCUT2D eigenvalue weighted by Crippen LogP contribution is -2.38. The largest absolute Gasteiger partial charge is 0.462 e. The molecule has 0 saturated heterocycles. The van der Waals surface area contributed by atoms with Crippen LogP contribution < -0.4 is 0 Å². The lowest BCUT2D eigenvalue weighted by atomic mass is 9.75. The van der Waals surface area contributed by atoms with Crippen molar-refractivity contribution in [2.45, 2.75) is 59.5 Å². The number of allylic oxidation sites excluding steroid dienone is 1. The molecule has 0 radical (unpaired) electrons. The van der Waals surface area contributed by atoms with Gasteiger partial charge in [-0.1, -0.05) is 70.5 Å². The zero-order valence-corrected chi connectivity index (χ0v) is 16.5. The van der Waals surface area contributed by atoms with Gasteiger partial charge in [0.2, 0.25) is 0 Å². The molecule has 3 heteroatoms. The van der Waals surface area contributed by atoms with Gasteiger partial charge in [-0.15, -0.1) is 0 Å². The van der Waals surface area contributed by atoms with E-state index in [0.717, 1.165) is 18.4 Å². The molecule has 0 N–H and O–H groups in total. The minimum atomic E-state index is -0.708. The summed E-state index contributed by atoms with van der Waals surface area (Å²) in [7, 11) is 0. The van der Waals surface area contributed by atoms with Crippen molar-refractivity contribution < 1.29 is 14.3 Å². The second-order valence-corrected chi connectivity index (χ2v) is 7.91. The van der Waals surface area contributed by atoms with Crippen LogP contribution in [0.4, 0.5) is 0 Å². The molecule has 1 aromatic rings. The second-order valence-electron chi connectivity index (χ2n) is 7.91. The predicted octanol–water partition coefficient (Wildman–Crippen LogP) is 5.30. The molecule has 0 aliphatic heterocycles. The monoisotopic (exact) mass is 356 g/mol. The van der Waals surface area contributed by atoms with Crippen LogP contribution in [0.2, 0.25) is 0 Å². The second kappa shape index (κ2) is 9.70. The summed E-state index contributed by atoms with van der Waals surface area (Å²) in [6, 6.07) is 9.64. The number of ether oxygens (including phenoxy) is 1. The van der Waals surface area contributed by atoms with Crippen molar-refractivity contribution in [3.05, 3.63) is 42.0 Å². The van der Waals surface area contributed by atoms with Crippen LogP contribution in [0, 0.1) is 23.7 Å². The van der Waals surface area contributed by atoms with Gasteiger partial charge in [0.15, 0.2) is 5.78 Å². The minimum Gasteiger partial charge on any atom is -0.462 e. The van der Waals surface area contributed by atoms with Crippen molar-refractivity contribution in [2.24, 2.45) is 23.7 Å². The maximum Gasteiger partial charge on any atom is 0.317 e. The molecule has 0 spiro atoms. The van der Waals surface area contributed by atoms with E-state index in [-0.39, 0.29) is 17.9 Å². The van der Waals surface area contributed by atoms with Crippen LogP contribution in [0.25, 0.3) is 6.08 Å². The van der Waals surface area contributed by atoms with E-state index in [1.807, 2.05) is 37.3 Å². The molecule has 0 aromatic heterocycles. The Labute approximate surface area is 157 Å². The Balaban J connectivity index is 2.02. The molecule has 1 aliphatic carbocycles. The van der Waals surface area contributed by atoms with Crippen molar-refractivity contribution in [1.29, 1.82) is 0 Å². The molecular weight excluding hydrogens is 324 g/mol. The lowest BCUT2D eigenvalue weighted by Gasteiger charge is -2.37. The van der Waals surface area contributed by atoms with E-state index in [4.69, 9.17) is 4.74 Å². The molecule has 1 aliphatic rings. The van der Waals surface area contributed by atoms with Crippen molar-refractivity contribution in [3.8, 4) is 0 Å². The molecule has 0 heterocycles. The minimum absolute atomic E-state index is 0.0637. The topological polar surface area (TPSA) is 43.4 Å². The molecule has 2 rings (SSSR count). The van der Waals surface area contributed by atoms with Gasteiger partial charge < -0.3 is 4.74 Å². The zero-order valence-electron chi connectivity index (χ0n) is 16.5. The van der Waals surface area contributed by atoms with E-state index in [1.165, 1.54) is 12.5 Å². The van der Waals surface area contributed by atoms with Gasteiger partial charge in [-0.05, 0) is 48.7 Å². The van der Waals surface area contributed by atoms with Gasteiger partial charge in [-0.25, -0.2) is 0 Å². The van der Waals surface area contributed by atoms with Crippen molar-refractivity contribution in [2.75, 3.05) is 0 Å². The highest BCUT2D eigenvalue weighted by molar-refractivity contribution is 6.06. The first-order valence-electron chi connectivity index (χ1n) is 9.89. The fraction of sp³-hybridized carbons (Fsp3) is 0.565. The molecular formula is C23H32O3. The summed E-state index contributed by atoms with van der Waals surface area (Å²) in [5, 5.41) is 0. The number of benzene rings is 1. The lowest BCUT2D eigenvalue weighted by molar-refractivity contribution is -0.162. The summed E-state index contributed by atoms with van der Waals surface area (Å²) in [5.74, 6) is 0.194. The van der Waals surface area contributed by atoms with Crippen molar-refractivity contribution in [3.63, 3.8) is 0 Å². The highest BCUT2D eigenvalue weighted by Gasteiger charge is 2.35. The molecule has 4 atom stereocenters. The van der Waals surface area contributed by atoms with Gasteiger partial charge in [-0.2, -0.15) is 0 Å². The number of esters is 1. The first-order chi connectivity index (χ1) is 12.4. The van der Waals surface area contributed by atoms with Crippen LogP contribution in [0.1, 0.15) is 58.9 Å². The molecule has 0 amide bonds. The van der Waals surface area contributed by atoms with Gasteiger partial charge in [0.1, 0.15) is 12.0 Å². The SMILES string of the molecule is CC[C@H](C(=O)/C=C\c1ccccc1)C(=O)O[C@@H]1C[C@H](C)CC[C@@H]1C(C)C. The van der Waals surface area contributed by atoms with Crippen LogP contribution in [0.5, 0.6) is 0 Å². The average Bonchev–Trinajstić information content (AvgIpc) is 2.61. The summed E-state index contributed by atoms with van der Waals surface area (Å²) in [6.45, 7) is 8.45.